The Morgan fingerprint density at radius 2 is 1.92 bits per heavy atom. The fourth-order valence-electron chi connectivity index (χ4n) is 2.04. The minimum atomic E-state index is -0.915. The van der Waals surface area contributed by atoms with E-state index >= 15 is 0 Å². The molecule has 0 aliphatic carbocycles. The number of benzene rings is 2. The van der Waals surface area contributed by atoms with Crippen molar-refractivity contribution in [3.05, 3.63) is 70.2 Å². The summed E-state index contributed by atoms with van der Waals surface area (Å²) in [6.45, 7) is 2.17. The van der Waals surface area contributed by atoms with E-state index in [2.05, 4.69) is 5.32 Å². The van der Waals surface area contributed by atoms with Gasteiger partial charge >= 0.3 is 0 Å². The number of hydrogen-bond donors (Lipinski definition) is 2. The van der Waals surface area contributed by atoms with E-state index in [1.807, 2.05) is 37.3 Å². The summed E-state index contributed by atoms with van der Waals surface area (Å²) in [5.41, 5.74) is 7.53. The van der Waals surface area contributed by atoms with Crippen LogP contribution in [-0.2, 0) is 16.1 Å². The van der Waals surface area contributed by atoms with Gasteiger partial charge in [0.05, 0.1) is 13.2 Å². The lowest BCUT2D eigenvalue weighted by Crippen LogP contribution is -2.47. The molecule has 0 bridgehead atoms. The van der Waals surface area contributed by atoms with Crippen LogP contribution in [0.2, 0.25) is 5.02 Å². The van der Waals surface area contributed by atoms with Gasteiger partial charge in [-0.15, -0.1) is 0 Å². The summed E-state index contributed by atoms with van der Waals surface area (Å²) in [5.74, 6) is -1.08. The minimum Gasteiger partial charge on any atom is -0.374 e. The smallest absolute Gasteiger partial charge is 0.252 e. The van der Waals surface area contributed by atoms with E-state index < -0.39 is 17.9 Å². The molecule has 0 radical (unpaired) electrons. The largest absolute Gasteiger partial charge is 0.374 e. The maximum absolute atomic E-state index is 12.2. The highest BCUT2D eigenvalue weighted by atomic mass is 35.5. The number of rotatable bonds is 7. The van der Waals surface area contributed by atoms with Crippen LogP contribution in [-0.4, -0.2) is 24.5 Å². The standard InChI is InChI=1S/C18H19ClN2O3/c1-12-7-8-14(9-15(12)19)18(23)21-16(17(20)22)11-24-10-13-5-3-2-4-6-13/h2-9,16H,10-11H2,1H3,(H2,20,22)(H,21,23)/t16-/m0/s1. The molecule has 5 nitrogen and oxygen atoms in total. The van der Waals surface area contributed by atoms with Gasteiger partial charge in [-0.2, -0.15) is 0 Å². The van der Waals surface area contributed by atoms with Crippen molar-refractivity contribution in [2.24, 2.45) is 5.73 Å². The molecule has 0 aliphatic rings. The van der Waals surface area contributed by atoms with E-state index in [-0.39, 0.29) is 6.61 Å². The molecule has 2 aromatic rings. The van der Waals surface area contributed by atoms with E-state index in [9.17, 15) is 9.59 Å². The van der Waals surface area contributed by atoms with E-state index in [0.29, 0.717) is 17.2 Å². The third-order valence-electron chi connectivity index (χ3n) is 3.48. The monoisotopic (exact) mass is 346 g/mol. The molecule has 0 heterocycles. The Hall–Kier alpha value is -2.37. The zero-order valence-corrected chi connectivity index (χ0v) is 14.0. The fraction of sp³-hybridized carbons (Fsp3) is 0.222. The zero-order chi connectivity index (χ0) is 17.5. The number of primary amides is 1. The minimum absolute atomic E-state index is 0.00440. The van der Waals surface area contributed by atoms with Crippen molar-refractivity contribution in [2.75, 3.05) is 6.61 Å². The Morgan fingerprint density at radius 3 is 2.54 bits per heavy atom. The zero-order valence-electron chi connectivity index (χ0n) is 13.3. The lowest BCUT2D eigenvalue weighted by molar-refractivity contribution is -0.121. The maximum Gasteiger partial charge on any atom is 0.252 e. The summed E-state index contributed by atoms with van der Waals surface area (Å²) in [6, 6.07) is 13.5. The number of amides is 2. The Bertz CT molecular complexity index is 719. The van der Waals surface area contributed by atoms with Crippen LogP contribution in [0.25, 0.3) is 0 Å². The molecule has 0 spiro atoms. The van der Waals surface area contributed by atoms with E-state index in [1.54, 1.807) is 18.2 Å². The van der Waals surface area contributed by atoms with E-state index in [4.69, 9.17) is 22.1 Å². The highest BCUT2D eigenvalue weighted by Gasteiger charge is 2.19. The van der Waals surface area contributed by atoms with Crippen LogP contribution in [0.4, 0.5) is 0 Å². The van der Waals surface area contributed by atoms with Gasteiger partial charge in [0.1, 0.15) is 6.04 Å². The molecule has 0 unspecified atom stereocenters. The van der Waals surface area contributed by atoms with Crippen molar-refractivity contribution >= 4 is 23.4 Å². The number of nitrogens with two attached hydrogens (primary N) is 1. The van der Waals surface area contributed by atoms with Gasteiger partial charge in [-0.25, -0.2) is 0 Å². The Balaban J connectivity index is 1.93. The number of aryl methyl sites for hydroxylation is 1. The van der Waals surface area contributed by atoms with Crippen LogP contribution in [0.5, 0.6) is 0 Å². The van der Waals surface area contributed by atoms with Crippen molar-refractivity contribution in [3.63, 3.8) is 0 Å². The second-order valence-electron chi connectivity index (χ2n) is 5.39. The molecule has 2 aromatic carbocycles. The quantitative estimate of drug-likeness (QED) is 0.808. The molecule has 126 valence electrons. The molecule has 0 saturated carbocycles. The van der Waals surface area contributed by atoms with Gasteiger partial charge in [-0.05, 0) is 30.2 Å². The number of nitrogens with one attached hydrogen (secondary N) is 1. The Labute approximate surface area is 145 Å². The second-order valence-corrected chi connectivity index (χ2v) is 5.80. The molecule has 2 amide bonds. The first-order valence-electron chi connectivity index (χ1n) is 7.45. The number of carbonyl (C=O) groups is 2. The van der Waals surface area contributed by atoms with Crippen molar-refractivity contribution < 1.29 is 14.3 Å². The molecule has 0 saturated heterocycles. The van der Waals surface area contributed by atoms with Crippen LogP contribution in [0.3, 0.4) is 0 Å². The van der Waals surface area contributed by atoms with Gasteiger partial charge in [0.2, 0.25) is 5.91 Å². The summed E-state index contributed by atoms with van der Waals surface area (Å²) >= 11 is 6.01. The highest BCUT2D eigenvalue weighted by Crippen LogP contribution is 2.16. The van der Waals surface area contributed by atoms with E-state index in [0.717, 1.165) is 11.1 Å². The Kier molecular flexibility index (Phi) is 6.35. The molecule has 6 heteroatoms. The van der Waals surface area contributed by atoms with Crippen molar-refractivity contribution in [1.82, 2.24) is 5.32 Å². The van der Waals surface area contributed by atoms with Gasteiger partial charge < -0.3 is 15.8 Å². The number of halogens is 1. The summed E-state index contributed by atoms with van der Waals surface area (Å²) in [7, 11) is 0. The van der Waals surface area contributed by atoms with Crippen molar-refractivity contribution in [1.29, 1.82) is 0 Å². The lowest BCUT2D eigenvalue weighted by atomic mass is 10.1. The average molecular weight is 347 g/mol. The number of hydrogen-bond acceptors (Lipinski definition) is 3. The van der Waals surface area contributed by atoms with Crippen LogP contribution in [0.15, 0.2) is 48.5 Å². The fourth-order valence-corrected chi connectivity index (χ4v) is 2.22. The summed E-state index contributed by atoms with van der Waals surface area (Å²) in [4.78, 5) is 23.8. The van der Waals surface area contributed by atoms with Gasteiger partial charge in [-0.1, -0.05) is 48.0 Å². The third kappa shape index (κ3) is 5.08. The lowest BCUT2D eigenvalue weighted by Gasteiger charge is -2.16. The van der Waals surface area contributed by atoms with Crippen LogP contribution in [0.1, 0.15) is 21.5 Å². The summed E-state index contributed by atoms with van der Waals surface area (Å²) in [6.07, 6.45) is 0. The number of ether oxygens (including phenoxy) is 1. The Morgan fingerprint density at radius 1 is 1.21 bits per heavy atom. The average Bonchev–Trinajstić information content (AvgIpc) is 2.57. The first kappa shape index (κ1) is 18.0. The SMILES string of the molecule is Cc1ccc(C(=O)N[C@@H](COCc2ccccc2)C(N)=O)cc1Cl. The van der Waals surface area contributed by atoms with Gasteiger partial charge in [0.25, 0.3) is 5.91 Å². The predicted molar refractivity (Wildman–Crippen MR) is 92.7 cm³/mol. The first-order chi connectivity index (χ1) is 11.5. The number of carbonyl (C=O) groups excluding carboxylic acids is 2. The van der Waals surface area contributed by atoms with Gasteiger partial charge in [0.15, 0.2) is 0 Å². The second kappa shape index (κ2) is 8.47. The molecule has 1 atom stereocenters. The first-order valence-corrected chi connectivity index (χ1v) is 7.83. The molecule has 0 aliphatic heterocycles. The molecule has 2 rings (SSSR count). The van der Waals surface area contributed by atoms with Crippen molar-refractivity contribution in [2.45, 2.75) is 19.6 Å². The van der Waals surface area contributed by atoms with Crippen LogP contribution < -0.4 is 11.1 Å². The molecule has 0 fully saturated rings. The van der Waals surface area contributed by atoms with E-state index in [1.165, 1.54) is 0 Å². The normalized spacial score (nSPS) is 11.8. The molecule has 3 N–H and O–H groups in total. The topological polar surface area (TPSA) is 81.4 Å². The van der Waals surface area contributed by atoms with Crippen molar-refractivity contribution in [3.8, 4) is 0 Å². The molecular weight excluding hydrogens is 328 g/mol. The van der Waals surface area contributed by atoms with Gasteiger partial charge in [-0.3, -0.25) is 9.59 Å². The highest BCUT2D eigenvalue weighted by molar-refractivity contribution is 6.31. The third-order valence-corrected chi connectivity index (χ3v) is 3.89. The summed E-state index contributed by atoms with van der Waals surface area (Å²) in [5, 5.41) is 3.05. The molecule has 24 heavy (non-hydrogen) atoms. The molecule has 0 aromatic heterocycles. The predicted octanol–water partition coefficient (Wildman–Crippen LogP) is 2.45. The van der Waals surface area contributed by atoms with Gasteiger partial charge in [0, 0.05) is 10.6 Å². The molecular formula is C18H19ClN2O3. The maximum atomic E-state index is 12.2. The van der Waals surface area contributed by atoms with Crippen LogP contribution >= 0.6 is 11.6 Å². The summed E-state index contributed by atoms with van der Waals surface area (Å²) < 4.78 is 5.48. The van der Waals surface area contributed by atoms with Crippen LogP contribution in [0, 0.1) is 6.92 Å².